The van der Waals surface area contributed by atoms with Gasteiger partial charge in [-0.3, -0.25) is 10.1 Å². The summed E-state index contributed by atoms with van der Waals surface area (Å²) in [5.74, 6) is -2.50. The number of hydrogen-bond donors (Lipinski definition) is 1. The van der Waals surface area contributed by atoms with Crippen molar-refractivity contribution in [2.45, 2.75) is 6.92 Å². The van der Waals surface area contributed by atoms with Gasteiger partial charge in [-0.15, -0.1) is 11.3 Å². The molecule has 0 saturated carbocycles. The number of nitro groups is 1. The summed E-state index contributed by atoms with van der Waals surface area (Å²) in [6.07, 6.45) is 0. The van der Waals surface area contributed by atoms with Gasteiger partial charge < -0.3 is 5.32 Å². The van der Waals surface area contributed by atoms with Gasteiger partial charge in [0.15, 0.2) is 11.6 Å². The van der Waals surface area contributed by atoms with E-state index in [-0.39, 0.29) is 11.3 Å². The molecule has 0 saturated heterocycles. The van der Waals surface area contributed by atoms with E-state index < -0.39 is 22.2 Å². The van der Waals surface area contributed by atoms with Crippen LogP contribution >= 0.6 is 11.3 Å². The van der Waals surface area contributed by atoms with Crippen LogP contribution in [0.4, 0.5) is 25.2 Å². The van der Waals surface area contributed by atoms with Gasteiger partial charge in [-0.1, -0.05) is 0 Å². The Morgan fingerprint density at radius 3 is 2.60 bits per heavy atom. The molecule has 2 rings (SSSR count). The molecule has 1 aromatic carbocycles. The maximum absolute atomic E-state index is 13.2. The highest BCUT2D eigenvalue weighted by molar-refractivity contribution is 7.16. The topological polar surface area (TPSA) is 79.0 Å². The lowest BCUT2D eigenvalue weighted by atomic mass is 10.2. The van der Waals surface area contributed by atoms with E-state index in [2.05, 4.69) is 5.32 Å². The zero-order valence-electron chi connectivity index (χ0n) is 10.1. The normalized spacial score (nSPS) is 10.1. The van der Waals surface area contributed by atoms with E-state index in [1.165, 1.54) is 11.3 Å². The molecule has 8 heteroatoms. The van der Waals surface area contributed by atoms with Gasteiger partial charge in [-0.25, -0.2) is 8.78 Å². The van der Waals surface area contributed by atoms with Crippen LogP contribution < -0.4 is 5.32 Å². The van der Waals surface area contributed by atoms with Crippen molar-refractivity contribution in [1.29, 1.82) is 5.26 Å². The molecule has 0 amide bonds. The summed E-state index contributed by atoms with van der Waals surface area (Å²) >= 11 is 1.19. The van der Waals surface area contributed by atoms with Crippen LogP contribution in [0.5, 0.6) is 0 Å². The number of rotatable bonds is 3. The Balaban J connectivity index is 2.50. The number of anilines is 2. The third-order valence-electron chi connectivity index (χ3n) is 2.46. The average molecular weight is 295 g/mol. The quantitative estimate of drug-likeness (QED) is 0.689. The summed E-state index contributed by atoms with van der Waals surface area (Å²) < 4.78 is 26.3. The van der Waals surface area contributed by atoms with Crippen molar-refractivity contribution in [3.8, 4) is 6.07 Å². The highest BCUT2D eigenvalue weighted by atomic mass is 32.1. The van der Waals surface area contributed by atoms with Crippen LogP contribution in [0.25, 0.3) is 0 Å². The van der Waals surface area contributed by atoms with Crippen molar-refractivity contribution in [3.63, 3.8) is 0 Å². The van der Waals surface area contributed by atoms with Crippen molar-refractivity contribution < 1.29 is 13.7 Å². The molecule has 1 heterocycles. The zero-order chi connectivity index (χ0) is 14.9. The fourth-order valence-electron chi connectivity index (χ4n) is 1.60. The summed E-state index contributed by atoms with van der Waals surface area (Å²) in [5.41, 5.74) is -0.516. The summed E-state index contributed by atoms with van der Waals surface area (Å²) in [7, 11) is 0. The van der Waals surface area contributed by atoms with Gasteiger partial charge in [-0.2, -0.15) is 5.26 Å². The Hall–Kier alpha value is -2.53. The van der Waals surface area contributed by atoms with Crippen LogP contribution in [0, 0.1) is 40.0 Å². The fraction of sp³-hybridized carbons (Fsp3) is 0.0833. The number of hydrogen-bond acceptors (Lipinski definition) is 5. The number of thiophene rings is 1. The van der Waals surface area contributed by atoms with Crippen LogP contribution in [-0.4, -0.2) is 4.92 Å². The Morgan fingerprint density at radius 1 is 1.35 bits per heavy atom. The smallest absolute Gasteiger partial charge is 0.295 e. The molecule has 20 heavy (non-hydrogen) atoms. The Morgan fingerprint density at radius 2 is 2.00 bits per heavy atom. The first kappa shape index (κ1) is 13.9. The average Bonchev–Trinajstić information content (AvgIpc) is 2.73. The lowest BCUT2D eigenvalue weighted by Crippen LogP contribution is -1.99. The number of nitriles is 1. The molecular weight excluding hydrogens is 288 g/mol. The van der Waals surface area contributed by atoms with Gasteiger partial charge in [0.1, 0.15) is 16.8 Å². The summed E-state index contributed by atoms with van der Waals surface area (Å²) in [5, 5.41) is 22.7. The van der Waals surface area contributed by atoms with Gasteiger partial charge >= 0.3 is 0 Å². The van der Waals surface area contributed by atoms with E-state index in [0.29, 0.717) is 17.1 Å². The molecule has 0 unspecified atom stereocenters. The van der Waals surface area contributed by atoms with Crippen molar-refractivity contribution in [1.82, 2.24) is 0 Å². The first-order valence-corrected chi connectivity index (χ1v) is 6.15. The lowest BCUT2D eigenvalue weighted by molar-refractivity contribution is -0.384. The van der Waals surface area contributed by atoms with E-state index in [1.807, 2.05) is 6.07 Å². The minimum absolute atomic E-state index is 0.202. The highest BCUT2D eigenvalue weighted by Crippen LogP contribution is 2.34. The second-order valence-electron chi connectivity index (χ2n) is 3.88. The molecule has 0 aliphatic heterocycles. The van der Waals surface area contributed by atoms with Gasteiger partial charge in [-0.05, 0) is 13.0 Å². The van der Waals surface area contributed by atoms with Crippen LogP contribution in [0.1, 0.15) is 10.4 Å². The predicted molar refractivity (Wildman–Crippen MR) is 70.1 cm³/mol. The Kier molecular flexibility index (Phi) is 3.63. The van der Waals surface area contributed by atoms with E-state index in [0.717, 1.165) is 4.88 Å². The van der Waals surface area contributed by atoms with Gasteiger partial charge in [0.05, 0.1) is 16.6 Å². The van der Waals surface area contributed by atoms with E-state index in [9.17, 15) is 18.9 Å². The SMILES string of the molecule is Cc1cc(C#N)c(Nc2cc(F)c(F)cc2[N+](=O)[O-])s1. The van der Waals surface area contributed by atoms with Crippen LogP contribution in [-0.2, 0) is 0 Å². The zero-order valence-corrected chi connectivity index (χ0v) is 10.9. The summed E-state index contributed by atoms with van der Waals surface area (Å²) in [6, 6.07) is 4.72. The molecule has 0 bridgehead atoms. The maximum Gasteiger partial charge on any atom is 0.295 e. The number of nitrogens with one attached hydrogen (secondary N) is 1. The van der Waals surface area contributed by atoms with E-state index in [4.69, 9.17) is 5.26 Å². The third kappa shape index (κ3) is 2.57. The van der Waals surface area contributed by atoms with Crippen molar-refractivity contribution in [2.75, 3.05) is 5.32 Å². The predicted octanol–water partition coefficient (Wildman–Crippen LogP) is 3.86. The summed E-state index contributed by atoms with van der Waals surface area (Å²) in [4.78, 5) is 10.8. The number of benzene rings is 1. The first-order valence-electron chi connectivity index (χ1n) is 5.33. The van der Waals surface area contributed by atoms with Gasteiger partial charge in [0.25, 0.3) is 5.69 Å². The first-order chi connectivity index (χ1) is 9.42. The Bertz CT molecular complexity index is 737. The van der Waals surface area contributed by atoms with Gasteiger partial charge in [0, 0.05) is 10.9 Å². The molecular formula is C12H7F2N3O2S. The van der Waals surface area contributed by atoms with Crippen molar-refractivity contribution in [3.05, 3.63) is 50.4 Å². The molecule has 0 radical (unpaired) electrons. The molecule has 102 valence electrons. The largest absolute Gasteiger partial charge is 0.340 e. The minimum atomic E-state index is -1.30. The number of aryl methyl sites for hydroxylation is 1. The number of nitrogens with zero attached hydrogens (tertiary/aromatic N) is 2. The number of halogens is 2. The second-order valence-corrected chi connectivity index (χ2v) is 5.13. The van der Waals surface area contributed by atoms with Crippen LogP contribution in [0.2, 0.25) is 0 Å². The van der Waals surface area contributed by atoms with Gasteiger partial charge in [0.2, 0.25) is 0 Å². The minimum Gasteiger partial charge on any atom is -0.340 e. The molecule has 0 fully saturated rings. The Labute approximate surface area is 116 Å². The molecule has 0 aliphatic carbocycles. The molecule has 0 atom stereocenters. The van der Waals surface area contributed by atoms with Crippen LogP contribution in [0.3, 0.4) is 0 Å². The molecule has 0 spiro atoms. The monoisotopic (exact) mass is 295 g/mol. The van der Waals surface area contributed by atoms with Crippen LogP contribution in [0.15, 0.2) is 18.2 Å². The van der Waals surface area contributed by atoms with Crippen molar-refractivity contribution in [2.24, 2.45) is 0 Å². The third-order valence-corrected chi connectivity index (χ3v) is 3.43. The molecule has 5 nitrogen and oxygen atoms in total. The molecule has 2 aromatic rings. The molecule has 1 N–H and O–H groups in total. The maximum atomic E-state index is 13.2. The second kappa shape index (κ2) is 5.22. The fourth-order valence-corrected chi connectivity index (χ4v) is 2.47. The summed E-state index contributed by atoms with van der Waals surface area (Å²) in [6.45, 7) is 1.76. The molecule has 1 aromatic heterocycles. The standard InChI is InChI=1S/C12H7F2N3O2S/c1-6-2-7(5-15)12(20-6)16-10-3-8(13)9(14)4-11(10)17(18)19/h2-4,16H,1H3. The van der Waals surface area contributed by atoms with E-state index >= 15 is 0 Å². The lowest BCUT2D eigenvalue weighted by Gasteiger charge is -2.06. The molecule has 0 aliphatic rings. The highest BCUT2D eigenvalue weighted by Gasteiger charge is 2.20. The number of nitro benzene ring substituents is 1. The van der Waals surface area contributed by atoms with Crippen molar-refractivity contribution >= 4 is 27.7 Å². The van der Waals surface area contributed by atoms with E-state index in [1.54, 1.807) is 13.0 Å².